The lowest BCUT2D eigenvalue weighted by Gasteiger charge is -2.57. The van der Waals surface area contributed by atoms with Crippen LogP contribution in [0.3, 0.4) is 0 Å². The van der Waals surface area contributed by atoms with Gasteiger partial charge in [-0.15, -0.1) is 0 Å². The van der Waals surface area contributed by atoms with Gasteiger partial charge in [0, 0.05) is 5.54 Å². The number of hydrogen-bond donors (Lipinski definition) is 1. The van der Waals surface area contributed by atoms with E-state index in [-0.39, 0.29) is 11.4 Å². The third kappa shape index (κ3) is 3.68. The molecule has 6 heteroatoms. The molecular weight excluding hydrogens is 372 g/mol. The first kappa shape index (κ1) is 19.7. The van der Waals surface area contributed by atoms with Crippen molar-refractivity contribution in [3.8, 4) is 0 Å². The Kier molecular flexibility index (Phi) is 4.97. The maximum absolute atomic E-state index is 13.4. The van der Waals surface area contributed by atoms with Crippen molar-refractivity contribution in [2.45, 2.75) is 70.4 Å². The van der Waals surface area contributed by atoms with Crippen LogP contribution >= 0.6 is 0 Å². The number of nitrogens with one attached hydrogen (secondary N) is 1. The molecule has 4 fully saturated rings. The van der Waals surface area contributed by atoms with Crippen LogP contribution in [-0.2, 0) is 14.8 Å². The Hall–Kier alpha value is -1.56. The van der Waals surface area contributed by atoms with Gasteiger partial charge < -0.3 is 5.32 Å². The summed E-state index contributed by atoms with van der Waals surface area (Å²) in [5.74, 6) is 2.05. The van der Waals surface area contributed by atoms with Crippen molar-refractivity contribution in [3.05, 3.63) is 29.8 Å². The number of amides is 1. The first-order valence-corrected chi connectivity index (χ1v) is 12.4. The maximum atomic E-state index is 13.4. The average Bonchev–Trinajstić information content (AvgIpc) is 2.57. The molecule has 5 nitrogen and oxygen atoms in total. The fraction of sp³-hybridized carbons (Fsp3) is 0.682. The highest BCUT2D eigenvalue weighted by atomic mass is 32.2. The standard InChI is InChI=1S/C22H32N2O3S/c1-4-20(24(28(3,26)27)19-7-5-15(2)6-8-19)21(25)23-22-12-16-9-17(13-22)11-18(10-16)14-22/h5-8,16-18,20H,4,9-14H2,1-3H3,(H,23,25)/t16?,17?,18?,20-,22?/m0/s1. The summed E-state index contributed by atoms with van der Waals surface area (Å²) in [5, 5.41) is 3.36. The molecule has 1 atom stereocenters. The van der Waals surface area contributed by atoms with Gasteiger partial charge in [0.05, 0.1) is 11.9 Å². The van der Waals surface area contributed by atoms with Crippen LogP contribution < -0.4 is 9.62 Å². The van der Waals surface area contributed by atoms with E-state index in [0.29, 0.717) is 12.1 Å². The van der Waals surface area contributed by atoms with Crippen molar-refractivity contribution in [1.82, 2.24) is 5.32 Å². The van der Waals surface area contributed by atoms with Crippen molar-refractivity contribution >= 4 is 21.6 Å². The molecule has 1 amide bonds. The van der Waals surface area contributed by atoms with E-state index >= 15 is 0 Å². The summed E-state index contributed by atoms with van der Waals surface area (Å²) in [6, 6.07) is 6.63. The lowest BCUT2D eigenvalue weighted by Crippen LogP contribution is -2.63. The van der Waals surface area contributed by atoms with Crippen molar-refractivity contribution in [1.29, 1.82) is 0 Å². The van der Waals surface area contributed by atoms with Crippen LogP contribution in [-0.4, -0.2) is 32.2 Å². The second-order valence-electron chi connectivity index (χ2n) is 9.51. The van der Waals surface area contributed by atoms with E-state index in [9.17, 15) is 13.2 Å². The predicted molar refractivity (Wildman–Crippen MR) is 112 cm³/mol. The molecule has 28 heavy (non-hydrogen) atoms. The smallest absolute Gasteiger partial charge is 0.244 e. The highest BCUT2D eigenvalue weighted by Gasteiger charge is 2.52. The monoisotopic (exact) mass is 404 g/mol. The second kappa shape index (κ2) is 7.05. The molecule has 4 bridgehead atoms. The number of carbonyl (C=O) groups is 1. The van der Waals surface area contributed by atoms with Gasteiger partial charge in [-0.1, -0.05) is 24.6 Å². The number of carbonyl (C=O) groups excluding carboxylic acids is 1. The topological polar surface area (TPSA) is 66.5 Å². The number of anilines is 1. The van der Waals surface area contributed by atoms with E-state index in [4.69, 9.17) is 0 Å². The normalized spacial score (nSPS) is 32.2. The van der Waals surface area contributed by atoms with Crippen LogP contribution in [0.4, 0.5) is 5.69 Å². The quantitative estimate of drug-likeness (QED) is 0.787. The summed E-state index contributed by atoms with van der Waals surface area (Å²) < 4.78 is 26.6. The molecule has 1 aromatic carbocycles. The molecule has 0 spiro atoms. The highest BCUT2D eigenvalue weighted by Crippen LogP contribution is 2.55. The summed E-state index contributed by atoms with van der Waals surface area (Å²) in [7, 11) is -3.58. The average molecular weight is 405 g/mol. The number of benzene rings is 1. The molecule has 1 aromatic rings. The fourth-order valence-electron chi connectivity index (χ4n) is 6.36. The molecule has 4 saturated carbocycles. The van der Waals surface area contributed by atoms with Crippen molar-refractivity contribution in [2.75, 3.05) is 10.6 Å². The third-order valence-electron chi connectivity index (χ3n) is 7.04. The Morgan fingerprint density at radius 3 is 2.04 bits per heavy atom. The molecule has 4 aliphatic carbocycles. The van der Waals surface area contributed by atoms with E-state index in [2.05, 4.69) is 5.32 Å². The molecule has 0 heterocycles. The molecule has 154 valence electrons. The minimum atomic E-state index is -3.58. The zero-order valence-electron chi connectivity index (χ0n) is 17.1. The van der Waals surface area contributed by atoms with Crippen molar-refractivity contribution in [2.24, 2.45) is 17.8 Å². The van der Waals surface area contributed by atoms with Gasteiger partial charge in [-0.25, -0.2) is 8.42 Å². The van der Waals surface area contributed by atoms with Gasteiger partial charge in [0.2, 0.25) is 15.9 Å². The summed E-state index contributed by atoms with van der Waals surface area (Å²) in [6.45, 7) is 3.85. The SMILES string of the molecule is CC[C@@H](C(=O)NC12CC3CC(CC(C3)C1)C2)N(c1ccc(C)cc1)S(C)(=O)=O. The van der Waals surface area contributed by atoms with E-state index in [0.717, 1.165) is 42.6 Å². The Balaban J connectivity index is 1.59. The van der Waals surface area contributed by atoms with Crippen LogP contribution in [0.2, 0.25) is 0 Å². The number of aryl methyl sites for hydroxylation is 1. The van der Waals surface area contributed by atoms with Gasteiger partial charge in [0.15, 0.2) is 0 Å². The fourth-order valence-corrected chi connectivity index (χ4v) is 7.57. The van der Waals surface area contributed by atoms with Gasteiger partial charge in [-0.2, -0.15) is 0 Å². The molecule has 4 aliphatic rings. The van der Waals surface area contributed by atoms with Crippen LogP contribution in [0.15, 0.2) is 24.3 Å². The molecule has 0 unspecified atom stereocenters. The summed E-state index contributed by atoms with van der Waals surface area (Å²) in [5.41, 5.74) is 1.50. The molecule has 1 N–H and O–H groups in total. The molecule has 5 rings (SSSR count). The molecule has 0 saturated heterocycles. The van der Waals surface area contributed by atoms with Crippen molar-refractivity contribution in [3.63, 3.8) is 0 Å². The van der Waals surface area contributed by atoms with E-state index < -0.39 is 16.1 Å². The minimum Gasteiger partial charge on any atom is -0.349 e. The largest absolute Gasteiger partial charge is 0.349 e. The highest BCUT2D eigenvalue weighted by molar-refractivity contribution is 7.92. The third-order valence-corrected chi connectivity index (χ3v) is 8.22. The summed E-state index contributed by atoms with van der Waals surface area (Å²) in [6.07, 6.45) is 8.74. The Morgan fingerprint density at radius 2 is 1.61 bits per heavy atom. The Bertz CT molecular complexity index is 812. The van der Waals surface area contributed by atoms with Crippen LogP contribution in [0.25, 0.3) is 0 Å². The minimum absolute atomic E-state index is 0.115. The predicted octanol–water partition coefficient (Wildman–Crippen LogP) is 3.62. The first-order valence-electron chi connectivity index (χ1n) is 10.6. The molecular formula is C22H32N2O3S. The Labute approximate surface area is 168 Å². The molecule has 0 aromatic heterocycles. The van der Waals surface area contributed by atoms with E-state index in [1.54, 1.807) is 12.1 Å². The summed E-state index contributed by atoms with van der Waals surface area (Å²) >= 11 is 0. The Morgan fingerprint density at radius 1 is 1.11 bits per heavy atom. The molecule has 0 aliphatic heterocycles. The van der Waals surface area contributed by atoms with Gasteiger partial charge in [0.1, 0.15) is 6.04 Å². The van der Waals surface area contributed by atoms with Gasteiger partial charge in [-0.05, 0) is 81.8 Å². The van der Waals surface area contributed by atoms with Gasteiger partial charge >= 0.3 is 0 Å². The second-order valence-corrected chi connectivity index (χ2v) is 11.4. The van der Waals surface area contributed by atoms with Crippen LogP contribution in [0.5, 0.6) is 0 Å². The summed E-state index contributed by atoms with van der Waals surface area (Å²) in [4.78, 5) is 13.4. The lowest BCUT2D eigenvalue weighted by molar-refractivity contribution is -0.128. The number of hydrogen-bond acceptors (Lipinski definition) is 3. The number of sulfonamides is 1. The van der Waals surface area contributed by atoms with E-state index in [1.165, 1.54) is 29.8 Å². The van der Waals surface area contributed by atoms with Gasteiger partial charge in [-0.3, -0.25) is 9.10 Å². The van der Waals surface area contributed by atoms with E-state index in [1.807, 2.05) is 26.0 Å². The maximum Gasteiger partial charge on any atom is 0.244 e. The van der Waals surface area contributed by atoms with Crippen molar-refractivity contribution < 1.29 is 13.2 Å². The number of rotatable bonds is 6. The van der Waals surface area contributed by atoms with Crippen LogP contribution in [0, 0.1) is 24.7 Å². The number of nitrogens with zero attached hydrogens (tertiary/aromatic N) is 1. The van der Waals surface area contributed by atoms with Gasteiger partial charge in [0.25, 0.3) is 0 Å². The molecule has 0 radical (unpaired) electrons. The van der Waals surface area contributed by atoms with Crippen LogP contribution in [0.1, 0.15) is 57.4 Å². The zero-order chi connectivity index (χ0) is 20.1. The first-order chi connectivity index (χ1) is 13.2. The lowest BCUT2D eigenvalue weighted by atomic mass is 9.53. The zero-order valence-corrected chi connectivity index (χ0v) is 18.0.